The second-order valence-electron chi connectivity index (χ2n) is 4.40. The number of anilines is 1. The van der Waals surface area contributed by atoms with Gasteiger partial charge in [0.1, 0.15) is 0 Å². The zero-order valence-corrected chi connectivity index (χ0v) is 12.2. The first-order chi connectivity index (χ1) is 8.95. The van der Waals surface area contributed by atoms with Crippen LogP contribution in [0, 0.1) is 0 Å². The molecule has 1 unspecified atom stereocenters. The molecule has 1 aromatic carbocycles. The second-order valence-corrected chi connectivity index (χ2v) is 5.24. The number of quaternary nitrogens is 1. The van der Waals surface area contributed by atoms with Crippen LogP contribution in [0.2, 0.25) is 0 Å². The van der Waals surface area contributed by atoms with Crippen LogP contribution in [0.3, 0.4) is 0 Å². The maximum absolute atomic E-state index is 11.9. The predicted molar refractivity (Wildman–Crippen MR) is 77.3 cm³/mol. The Labute approximate surface area is 117 Å². The lowest BCUT2D eigenvalue weighted by molar-refractivity contribution is -0.885. The summed E-state index contributed by atoms with van der Waals surface area (Å²) in [6.45, 7) is 1.91. The Morgan fingerprint density at radius 2 is 2.05 bits per heavy atom. The summed E-state index contributed by atoms with van der Waals surface area (Å²) >= 11 is 1.57. The number of carbonyl (C=O) groups excluding carboxylic acids is 2. The summed E-state index contributed by atoms with van der Waals surface area (Å²) in [6.07, 6.45) is 1.96. The monoisotopic (exact) mass is 282 g/mol. The minimum absolute atomic E-state index is 0.132. The Bertz CT molecular complexity index is 465. The first-order valence-corrected chi connectivity index (χ1v) is 7.22. The minimum Gasteiger partial charge on any atom is -0.365 e. The second kappa shape index (κ2) is 7.16. The fraction of sp³-hybridized carbons (Fsp3) is 0.385. The van der Waals surface area contributed by atoms with Crippen molar-refractivity contribution >= 4 is 29.3 Å². The molecule has 19 heavy (non-hydrogen) atoms. The Morgan fingerprint density at radius 3 is 2.63 bits per heavy atom. The van der Waals surface area contributed by atoms with Gasteiger partial charge in [-0.1, -0.05) is 12.1 Å². The summed E-state index contributed by atoms with van der Waals surface area (Å²) in [5.41, 5.74) is 6.01. The molecule has 2 amide bonds. The first-order valence-electron chi connectivity index (χ1n) is 6.00. The van der Waals surface area contributed by atoms with Crippen molar-refractivity contribution in [2.24, 2.45) is 5.73 Å². The van der Waals surface area contributed by atoms with E-state index in [1.54, 1.807) is 25.7 Å². The number of thioether (sulfide) groups is 1. The average Bonchev–Trinajstić information content (AvgIpc) is 2.38. The van der Waals surface area contributed by atoms with Crippen molar-refractivity contribution in [3.8, 4) is 0 Å². The molecule has 0 aliphatic heterocycles. The number of nitrogens with one attached hydrogen (secondary N) is 2. The molecule has 1 rings (SSSR count). The fourth-order valence-electron chi connectivity index (χ4n) is 1.59. The summed E-state index contributed by atoms with van der Waals surface area (Å²) in [6, 6.07) is 7.22. The van der Waals surface area contributed by atoms with E-state index in [1.807, 2.05) is 30.5 Å². The van der Waals surface area contributed by atoms with Crippen LogP contribution < -0.4 is 16.0 Å². The van der Waals surface area contributed by atoms with Crippen molar-refractivity contribution in [2.45, 2.75) is 17.9 Å². The van der Waals surface area contributed by atoms with Crippen LogP contribution in [0.15, 0.2) is 29.2 Å². The molecule has 0 aliphatic carbocycles. The quantitative estimate of drug-likeness (QED) is 0.629. The molecule has 4 N–H and O–H groups in total. The third kappa shape index (κ3) is 4.57. The molecular formula is C13H20N3O2S+. The Balaban J connectivity index is 2.63. The van der Waals surface area contributed by atoms with E-state index in [0.29, 0.717) is 0 Å². The molecule has 0 spiro atoms. The number of likely N-dealkylation sites (N-methyl/N-ethyl adjacent to an activating group) is 1. The van der Waals surface area contributed by atoms with Gasteiger partial charge in [0.25, 0.3) is 11.8 Å². The molecule has 0 saturated carbocycles. The van der Waals surface area contributed by atoms with E-state index in [9.17, 15) is 9.59 Å². The van der Waals surface area contributed by atoms with Gasteiger partial charge < -0.3 is 16.0 Å². The molecule has 0 fully saturated rings. The van der Waals surface area contributed by atoms with E-state index < -0.39 is 5.91 Å². The van der Waals surface area contributed by atoms with Crippen LogP contribution in [0.1, 0.15) is 6.92 Å². The SMILES string of the molecule is CSc1ccccc1NC(=O)C[NH+](C)[C@@H](C)C(N)=O. The van der Waals surface area contributed by atoms with Gasteiger partial charge in [0.15, 0.2) is 12.6 Å². The normalized spacial score (nSPS) is 13.6. The molecule has 6 heteroatoms. The fourth-order valence-corrected chi connectivity index (χ4v) is 2.15. The number of primary amides is 1. The number of nitrogens with two attached hydrogens (primary N) is 1. The number of para-hydroxylation sites is 1. The third-order valence-corrected chi connectivity index (χ3v) is 3.78. The highest BCUT2D eigenvalue weighted by molar-refractivity contribution is 7.98. The Morgan fingerprint density at radius 1 is 1.42 bits per heavy atom. The van der Waals surface area contributed by atoms with Gasteiger partial charge in [0.05, 0.1) is 12.7 Å². The van der Waals surface area contributed by atoms with Crippen LogP contribution in [-0.2, 0) is 9.59 Å². The van der Waals surface area contributed by atoms with E-state index in [-0.39, 0.29) is 18.5 Å². The highest BCUT2D eigenvalue weighted by Crippen LogP contribution is 2.24. The summed E-state index contributed by atoms with van der Waals surface area (Å²) in [5.74, 6) is -0.540. The molecule has 1 aromatic rings. The lowest BCUT2D eigenvalue weighted by Crippen LogP contribution is -3.15. The highest BCUT2D eigenvalue weighted by Gasteiger charge is 2.21. The van der Waals surface area contributed by atoms with E-state index >= 15 is 0 Å². The van der Waals surface area contributed by atoms with Gasteiger partial charge in [-0.15, -0.1) is 11.8 Å². The van der Waals surface area contributed by atoms with Crippen LogP contribution in [-0.4, -0.2) is 37.7 Å². The van der Waals surface area contributed by atoms with Crippen molar-refractivity contribution in [2.75, 3.05) is 25.2 Å². The lowest BCUT2D eigenvalue weighted by atomic mass is 10.2. The summed E-state index contributed by atoms with van der Waals surface area (Å²) in [7, 11) is 1.77. The highest BCUT2D eigenvalue weighted by atomic mass is 32.2. The molecule has 2 atom stereocenters. The van der Waals surface area contributed by atoms with E-state index in [2.05, 4.69) is 5.32 Å². The average molecular weight is 282 g/mol. The summed E-state index contributed by atoms with van der Waals surface area (Å²) < 4.78 is 0. The number of hydrogen-bond donors (Lipinski definition) is 3. The summed E-state index contributed by atoms with van der Waals surface area (Å²) in [5, 5.41) is 2.85. The number of rotatable bonds is 6. The molecular weight excluding hydrogens is 262 g/mol. The molecule has 0 radical (unpaired) electrons. The molecule has 0 aliphatic rings. The van der Waals surface area contributed by atoms with Crippen molar-refractivity contribution in [3.05, 3.63) is 24.3 Å². The van der Waals surface area contributed by atoms with Crippen LogP contribution in [0.4, 0.5) is 5.69 Å². The van der Waals surface area contributed by atoms with Crippen molar-refractivity contribution in [3.63, 3.8) is 0 Å². The van der Waals surface area contributed by atoms with E-state index in [0.717, 1.165) is 15.5 Å². The molecule has 0 bridgehead atoms. The maximum atomic E-state index is 11.9. The van der Waals surface area contributed by atoms with Crippen LogP contribution >= 0.6 is 11.8 Å². The Kier molecular flexibility index (Phi) is 5.85. The standard InChI is InChI=1S/C13H19N3O2S/c1-9(13(14)18)16(2)8-12(17)15-10-6-4-5-7-11(10)19-3/h4-7,9H,8H2,1-3H3,(H2,14,18)(H,15,17)/p+1/t9-/m0/s1. The molecule has 0 saturated heterocycles. The Hall–Kier alpha value is -1.53. The first kappa shape index (κ1) is 15.5. The van der Waals surface area contributed by atoms with Crippen LogP contribution in [0.25, 0.3) is 0 Å². The smallest absolute Gasteiger partial charge is 0.279 e. The summed E-state index contributed by atoms with van der Waals surface area (Å²) in [4.78, 5) is 24.8. The predicted octanol–water partition coefficient (Wildman–Crippen LogP) is -0.264. The van der Waals surface area contributed by atoms with Gasteiger partial charge in [0.2, 0.25) is 0 Å². The zero-order chi connectivity index (χ0) is 14.4. The number of amides is 2. The zero-order valence-electron chi connectivity index (χ0n) is 11.4. The van der Waals surface area contributed by atoms with Crippen LogP contribution in [0.5, 0.6) is 0 Å². The molecule has 5 nitrogen and oxygen atoms in total. The van der Waals surface area contributed by atoms with Crippen molar-refractivity contribution in [1.82, 2.24) is 0 Å². The topological polar surface area (TPSA) is 76.6 Å². The van der Waals surface area contributed by atoms with Gasteiger partial charge in [-0.2, -0.15) is 0 Å². The molecule has 0 aromatic heterocycles. The number of hydrogen-bond acceptors (Lipinski definition) is 3. The number of benzene rings is 1. The maximum Gasteiger partial charge on any atom is 0.279 e. The van der Waals surface area contributed by atoms with Crippen molar-refractivity contribution < 1.29 is 14.5 Å². The van der Waals surface area contributed by atoms with Gasteiger partial charge in [-0.05, 0) is 25.3 Å². The van der Waals surface area contributed by atoms with Gasteiger partial charge in [-0.3, -0.25) is 9.59 Å². The van der Waals surface area contributed by atoms with Gasteiger partial charge in [-0.25, -0.2) is 0 Å². The molecule has 0 heterocycles. The molecule has 104 valence electrons. The van der Waals surface area contributed by atoms with E-state index in [1.165, 1.54) is 0 Å². The van der Waals surface area contributed by atoms with Crippen molar-refractivity contribution in [1.29, 1.82) is 0 Å². The van der Waals surface area contributed by atoms with Gasteiger partial charge in [0, 0.05) is 4.90 Å². The number of carbonyl (C=O) groups is 2. The van der Waals surface area contributed by atoms with E-state index in [4.69, 9.17) is 5.73 Å². The third-order valence-electron chi connectivity index (χ3n) is 2.99. The minimum atomic E-state index is -0.408. The van der Waals surface area contributed by atoms with Gasteiger partial charge >= 0.3 is 0 Å². The lowest BCUT2D eigenvalue weighted by Gasteiger charge is -2.18. The largest absolute Gasteiger partial charge is 0.365 e.